The van der Waals surface area contributed by atoms with E-state index in [4.69, 9.17) is 4.74 Å². The van der Waals surface area contributed by atoms with Crippen LogP contribution in [0.3, 0.4) is 0 Å². The Morgan fingerprint density at radius 2 is 1.88 bits per heavy atom. The van der Waals surface area contributed by atoms with Crippen LogP contribution in [-0.2, 0) is 4.79 Å². The number of benzene rings is 2. The van der Waals surface area contributed by atoms with Crippen molar-refractivity contribution in [3.63, 3.8) is 0 Å². The summed E-state index contributed by atoms with van der Waals surface area (Å²) >= 11 is 0. The number of hydrogen-bond acceptors (Lipinski definition) is 3. The second-order valence-corrected chi connectivity index (χ2v) is 6.11. The normalized spacial score (nSPS) is 16.5. The van der Waals surface area contributed by atoms with E-state index in [2.05, 4.69) is 10.6 Å². The number of hydrogen-bond donors (Lipinski definition) is 2. The first-order chi connectivity index (χ1) is 12.5. The molecule has 1 aliphatic heterocycles. The van der Waals surface area contributed by atoms with Crippen LogP contribution in [0.15, 0.2) is 48.5 Å². The van der Waals surface area contributed by atoms with Crippen molar-refractivity contribution in [2.45, 2.75) is 6.42 Å². The fourth-order valence-electron chi connectivity index (χ4n) is 2.88. The lowest BCUT2D eigenvalue weighted by atomic mass is 10.1. The van der Waals surface area contributed by atoms with Crippen LogP contribution in [0.5, 0.6) is 5.75 Å². The van der Waals surface area contributed by atoms with Gasteiger partial charge < -0.3 is 20.3 Å². The standard InChI is InChI=1S/C19H20FN3O3/c1-26-17-8-4-15(5-9-17)22-19(25)21-11-13-10-18(24)23(12-13)16-6-2-14(20)3-7-16/h2-9,13H,10-12H2,1H3,(H2,21,22,25). The zero-order valence-corrected chi connectivity index (χ0v) is 14.4. The summed E-state index contributed by atoms with van der Waals surface area (Å²) in [5.41, 5.74) is 1.32. The first-order valence-corrected chi connectivity index (χ1v) is 8.30. The van der Waals surface area contributed by atoms with E-state index in [1.807, 2.05) is 0 Å². The SMILES string of the molecule is COc1ccc(NC(=O)NCC2CC(=O)N(c3ccc(F)cc3)C2)cc1. The minimum absolute atomic E-state index is 0.00849. The molecule has 2 N–H and O–H groups in total. The fraction of sp³-hybridized carbons (Fsp3) is 0.263. The summed E-state index contributed by atoms with van der Waals surface area (Å²) in [7, 11) is 1.58. The fourth-order valence-corrected chi connectivity index (χ4v) is 2.88. The van der Waals surface area contributed by atoms with Gasteiger partial charge in [-0.25, -0.2) is 9.18 Å². The molecule has 1 fully saturated rings. The number of amides is 3. The van der Waals surface area contributed by atoms with E-state index in [1.165, 1.54) is 12.1 Å². The van der Waals surface area contributed by atoms with Crippen LogP contribution in [0.4, 0.5) is 20.6 Å². The second-order valence-electron chi connectivity index (χ2n) is 6.11. The molecule has 1 heterocycles. The van der Waals surface area contributed by atoms with E-state index < -0.39 is 0 Å². The second kappa shape index (κ2) is 7.86. The number of nitrogens with zero attached hydrogens (tertiary/aromatic N) is 1. The Bertz CT molecular complexity index is 778. The van der Waals surface area contributed by atoms with Gasteiger partial charge in [0, 0.05) is 36.8 Å². The van der Waals surface area contributed by atoms with Crippen LogP contribution in [0.25, 0.3) is 0 Å². The average molecular weight is 357 g/mol. The van der Waals surface area contributed by atoms with Gasteiger partial charge in [-0.05, 0) is 48.5 Å². The number of methoxy groups -OCH3 is 1. The zero-order chi connectivity index (χ0) is 18.5. The zero-order valence-electron chi connectivity index (χ0n) is 14.4. The predicted molar refractivity (Wildman–Crippen MR) is 96.9 cm³/mol. The molecule has 0 radical (unpaired) electrons. The lowest BCUT2D eigenvalue weighted by Gasteiger charge is -2.17. The van der Waals surface area contributed by atoms with Gasteiger partial charge in [-0.3, -0.25) is 4.79 Å². The molecule has 1 atom stereocenters. The lowest BCUT2D eigenvalue weighted by molar-refractivity contribution is -0.117. The highest BCUT2D eigenvalue weighted by molar-refractivity contribution is 5.96. The molecule has 2 aromatic rings. The Morgan fingerprint density at radius 3 is 2.54 bits per heavy atom. The Labute approximate surface area is 150 Å². The molecule has 0 aliphatic carbocycles. The van der Waals surface area contributed by atoms with E-state index in [1.54, 1.807) is 48.4 Å². The van der Waals surface area contributed by atoms with Crippen molar-refractivity contribution in [2.75, 3.05) is 30.4 Å². The molecule has 3 amide bonds. The molecule has 26 heavy (non-hydrogen) atoms. The van der Waals surface area contributed by atoms with Crippen molar-refractivity contribution in [3.05, 3.63) is 54.3 Å². The number of carbonyl (C=O) groups excluding carboxylic acids is 2. The smallest absolute Gasteiger partial charge is 0.319 e. The van der Waals surface area contributed by atoms with Gasteiger partial charge in [0.2, 0.25) is 5.91 Å². The van der Waals surface area contributed by atoms with Crippen molar-refractivity contribution in [1.82, 2.24) is 5.32 Å². The Morgan fingerprint density at radius 1 is 1.19 bits per heavy atom. The highest BCUT2D eigenvalue weighted by Gasteiger charge is 2.30. The largest absolute Gasteiger partial charge is 0.497 e. The summed E-state index contributed by atoms with van der Waals surface area (Å²) in [5.74, 6) is 0.350. The van der Waals surface area contributed by atoms with Gasteiger partial charge in [0.1, 0.15) is 11.6 Å². The van der Waals surface area contributed by atoms with Gasteiger partial charge in [-0.1, -0.05) is 0 Å². The maximum atomic E-state index is 13.0. The third-order valence-electron chi connectivity index (χ3n) is 4.24. The van der Waals surface area contributed by atoms with Crippen LogP contribution in [-0.4, -0.2) is 32.1 Å². The van der Waals surface area contributed by atoms with E-state index in [0.717, 1.165) is 0 Å². The van der Waals surface area contributed by atoms with Gasteiger partial charge in [-0.2, -0.15) is 0 Å². The molecule has 1 saturated heterocycles. The van der Waals surface area contributed by atoms with Crippen molar-refractivity contribution in [2.24, 2.45) is 5.92 Å². The van der Waals surface area contributed by atoms with Gasteiger partial charge >= 0.3 is 6.03 Å². The number of nitrogens with one attached hydrogen (secondary N) is 2. The monoisotopic (exact) mass is 357 g/mol. The molecule has 2 aromatic carbocycles. The first-order valence-electron chi connectivity index (χ1n) is 8.30. The summed E-state index contributed by atoms with van der Waals surface area (Å²) in [4.78, 5) is 25.8. The molecular weight excluding hydrogens is 337 g/mol. The van der Waals surface area contributed by atoms with Crippen LogP contribution in [0.2, 0.25) is 0 Å². The molecule has 1 aliphatic rings. The molecule has 136 valence electrons. The minimum Gasteiger partial charge on any atom is -0.497 e. The average Bonchev–Trinajstić information content (AvgIpc) is 3.02. The summed E-state index contributed by atoms with van der Waals surface area (Å²) in [6.07, 6.45) is 0.347. The first kappa shape index (κ1) is 17.7. The van der Waals surface area contributed by atoms with Crippen LogP contribution in [0.1, 0.15) is 6.42 Å². The Hall–Kier alpha value is -3.09. The predicted octanol–water partition coefficient (Wildman–Crippen LogP) is 3.01. The van der Waals surface area contributed by atoms with E-state index in [9.17, 15) is 14.0 Å². The number of urea groups is 1. The van der Waals surface area contributed by atoms with Crippen molar-refractivity contribution >= 4 is 23.3 Å². The van der Waals surface area contributed by atoms with Crippen LogP contribution < -0.4 is 20.3 Å². The molecule has 0 spiro atoms. The Kier molecular flexibility index (Phi) is 5.36. The third kappa shape index (κ3) is 4.30. The molecule has 3 rings (SSSR count). The van der Waals surface area contributed by atoms with Crippen molar-refractivity contribution in [1.29, 1.82) is 0 Å². The summed E-state index contributed by atoms with van der Waals surface area (Å²) < 4.78 is 18.1. The summed E-state index contributed by atoms with van der Waals surface area (Å²) in [6, 6.07) is 12.5. The molecule has 6 nitrogen and oxygen atoms in total. The van der Waals surface area contributed by atoms with Gasteiger partial charge in [0.25, 0.3) is 0 Å². The molecule has 0 aromatic heterocycles. The van der Waals surface area contributed by atoms with E-state index in [0.29, 0.717) is 36.6 Å². The number of halogens is 1. The third-order valence-corrected chi connectivity index (χ3v) is 4.24. The van der Waals surface area contributed by atoms with Gasteiger partial charge in [0.05, 0.1) is 7.11 Å². The quantitative estimate of drug-likeness (QED) is 0.864. The minimum atomic E-state index is -0.339. The van der Waals surface area contributed by atoms with Crippen LogP contribution in [0, 0.1) is 11.7 Å². The van der Waals surface area contributed by atoms with Crippen LogP contribution >= 0.6 is 0 Å². The van der Waals surface area contributed by atoms with Crippen molar-refractivity contribution in [3.8, 4) is 5.75 Å². The number of rotatable bonds is 5. The number of anilines is 2. The highest BCUT2D eigenvalue weighted by atomic mass is 19.1. The highest BCUT2D eigenvalue weighted by Crippen LogP contribution is 2.25. The summed E-state index contributed by atoms with van der Waals surface area (Å²) in [6.45, 7) is 0.874. The van der Waals surface area contributed by atoms with E-state index >= 15 is 0 Å². The molecule has 0 bridgehead atoms. The topological polar surface area (TPSA) is 70.7 Å². The van der Waals surface area contributed by atoms with E-state index in [-0.39, 0.29) is 23.7 Å². The molecule has 7 heteroatoms. The number of carbonyl (C=O) groups is 2. The van der Waals surface area contributed by atoms with Gasteiger partial charge in [-0.15, -0.1) is 0 Å². The van der Waals surface area contributed by atoms with Gasteiger partial charge in [0.15, 0.2) is 0 Å². The molecule has 0 saturated carbocycles. The Balaban J connectivity index is 1.49. The lowest BCUT2D eigenvalue weighted by Crippen LogP contribution is -2.34. The number of ether oxygens (including phenoxy) is 1. The molecule has 1 unspecified atom stereocenters. The molecular formula is C19H20FN3O3. The van der Waals surface area contributed by atoms with Crippen molar-refractivity contribution < 1.29 is 18.7 Å². The maximum Gasteiger partial charge on any atom is 0.319 e. The maximum absolute atomic E-state index is 13.0. The summed E-state index contributed by atoms with van der Waals surface area (Å²) in [5, 5.41) is 5.51.